The molecule has 0 radical (unpaired) electrons. The first-order valence-electron chi connectivity index (χ1n) is 6.46. The third-order valence-electron chi connectivity index (χ3n) is 3.77. The van der Waals surface area contributed by atoms with Crippen LogP contribution in [0.2, 0.25) is 0 Å². The molecule has 2 fully saturated rings. The van der Waals surface area contributed by atoms with Crippen LogP contribution in [0.25, 0.3) is 0 Å². The topological polar surface area (TPSA) is 35.5 Å². The second kappa shape index (κ2) is 5.78. The maximum absolute atomic E-state index is 12.0. The van der Waals surface area contributed by atoms with Gasteiger partial charge in [-0.2, -0.15) is 0 Å². The van der Waals surface area contributed by atoms with Crippen LogP contribution in [0.15, 0.2) is 0 Å². The Labute approximate surface area is 97.5 Å². The van der Waals surface area contributed by atoms with Gasteiger partial charge in [-0.1, -0.05) is 0 Å². The van der Waals surface area contributed by atoms with Crippen molar-refractivity contribution >= 4 is 5.78 Å². The molecule has 0 amide bonds. The van der Waals surface area contributed by atoms with Gasteiger partial charge < -0.3 is 9.47 Å². The number of hydrogen-bond acceptors (Lipinski definition) is 3. The summed E-state index contributed by atoms with van der Waals surface area (Å²) >= 11 is 0. The molecule has 0 aromatic rings. The second-order valence-corrected chi connectivity index (χ2v) is 5.04. The van der Waals surface area contributed by atoms with Crippen molar-refractivity contribution in [2.75, 3.05) is 13.7 Å². The Balaban J connectivity index is 1.69. The summed E-state index contributed by atoms with van der Waals surface area (Å²) in [5, 5.41) is 0. The van der Waals surface area contributed by atoms with Crippen molar-refractivity contribution in [3.63, 3.8) is 0 Å². The summed E-state index contributed by atoms with van der Waals surface area (Å²) in [5.41, 5.74) is 0. The Morgan fingerprint density at radius 1 is 1.25 bits per heavy atom. The molecule has 2 heterocycles. The van der Waals surface area contributed by atoms with Crippen LogP contribution in [0.4, 0.5) is 0 Å². The number of Topliss-reactive ketones (excluding diaryl/α,β-unsaturated/α-hetero) is 1. The van der Waals surface area contributed by atoms with Crippen molar-refractivity contribution in [1.82, 2.24) is 0 Å². The molecule has 0 aromatic carbocycles. The standard InChI is InChI=1S/C13H22O3/c1-15-7-3-2-4-13(14)10-8-11-5-6-12(9-10)16-11/h10-12H,2-9H2,1H3. The smallest absolute Gasteiger partial charge is 0.136 e. The molecule has 3 heteroatoms. The van der Waals surface area contributed by atoms with E-state index < -0.39 is 0 Å². The van der Waals surface area contributed by atoms with Crippen molar-refractivity contribution < 1.29 is 14.3 Å². The van der Waals surface area contributed by atoms with Crippen molar-refractivity contribution in [3.05, 3.63) is 0 Å². The highest BCUT2D eigenvalue weighted by Gasteiger charge is 2.37. The van der Waals surface area contributed by atoms with E-state index in [1.165, 1.54) is 0 Å². The Morgan fingerprint density at radius 2 is 1.94 bits per heavy atom. The highest BCUT2D eigenvalue weighted by molar-refractivity contribution is 5.81. The minimum Gasteiger partial charge on any atom is -0.385 e. The molecule has 0 saturated carbocycles. The first-order chi connectivity index (χ1) is 7.79. The summed E-state index contributed by atoms with van der Waals surface area (Å²) in [5.74, 6) is 0.741. The van der Waals surface area contributed by atoms with Crippen LogP contribution in [0.1, 0.15) is 44.9 Å². The number of unbranched alkanes of at least 4 members (excludes halogenated alkanes) is 1. The number of hydrogen-bond donors (Lipinski definition) is 0. The summed E-state index contributed by atoms with van der Waals surface area (Å²) < 4.78 is 10.7. The van der Waals surface area contributed by atoms with E-state index in [1.807, 2.05) is 0 Å². The number of ketones is 1. The zero-order valence-corrected chi connectivity index (χ0v) is 10.1. The average Bonchev–Trinajstić information content (AvgIpc) is 2.63. The molecule has 2 aliphatic rings. The Hall–Kier alpha value is -0.410. The normalized spacial score (nSPS) is 32.9. The fourth-order valence-electron chi connectivity index (χ4n) is 2.87. The van der Waals surface area contributed by atoms with Gasteiger partial charge >= 0.3 is 0 Å². The largest absolute Gasteiger partial charge is 0.385 e. The summed E-state index contributed by atoms with van der Waals surface area (Å²) in [7, 11) is 1.71. The van der Waals surface area contributed by atoms with Gasteiger partial charge in [0, 0.05) is 26.1 Å². The monoisotopic (exact) mass is 226 g/mol. The van der Waals surface area contributed by atoms with Crippen molar-refractivity contribution in [2.45, 2.75) is 57.2 Å². The SMILES string of the molecule is COCCCCC(=O)C1CC2CCC(C1)O2. The third kappa shape index (κ3) is 3.05. The Kier molecular flexibility index (Phi) is 4.36. The van der Waals surface area contributed by atoms with Gasteiger partial charge in [0.25, 0.3) is 0 Å². The molecular formula is C13H22O3. The van der Waals surface area contributed by atoms with E-state index in [4.69, 9.17) is 9.47 Å². The lowest BCUT2D eigenvalue weighted by Gasteiger charge is -2.27. The first kappa shape index (κ1) is 12.1. The zero-order chi connectivity index (χ0) is 11.4. The third-order valence-corrected chi connectivity index (χ3v) is 3.77. The molecule has 0 N–H and O–H groups in total. The lowest BCUT2D eigenvalue weighted by atomic mass is 9.89. The van der Waals surface area contributed by atoms with E-state index in [1.54, 1.807) is 7.11 Å². The quantitative estimate of drug-likeness (QED) is 0.652. The minimum atomic E-state index is 0.286. The lowest BCUT2D eigenvalue weighted by Crippen LogP contribution is -2.29. The lowest BCUT2D eigenvalue weighted by molar-refractivity contribution is -0.128. The van der Waals surface area contributed by atoms with Gasteiger partial charge in [-0.3, -0.25) is 4.79 Å². The molecular weight excluding hydrogens is 204 g/mol. The molecule has 2 bridgehead atoms. The molecule has 0 spiro atoms. The van der Waals surface area contributed by atoms with Crippen LogP contribution < -0.4 is 0 Å². The summed E-state index contributed by atoms with van der Waals surface area (Å²) in [6.45, 7) is 0.770. The average molecular weight is 226 g/mol. The maximum Gasteiger partial charge on any atom is 0.136 e. The number of ether oxygens (including phenoxy) is 2. The van der Waals surface area contributed by atoms with Crippen LogP contribution in [-0.2, 0) is 14.3 Å². The number of carbonyl (C=O) groups is 1. The molecule has 0 aromatic heterocycles. The number of rotatable bonds is 6. The maximum atomic E-state index is 12.0. The molecule has 92 valence electrons. The van der Waals surface area contributed by atoms with E-state index in [0.29, 0.717) is 18.0 Å². The minimum absolute atomic E-state index is 0.286. The van der Waals surface area contributed by atoms with Gasteiger partial charge in [0.05, 0.1) is 12.2 Å². The first-order valence-corrected chi connectivity index (χ1v) is 6.46. The van der Waals surface area contributed by atoms with Gasteiger partial charge in [0.15, 0.2) is 0 Å². The van der Waals surface area contributed by atoms with Gasteiger partial charge in [-0.15, -0.1) is 0 Å². The molecule has 2 saturated heterocycles. The van der Waals surface area contributed by atoms with Crippen LogP contribution in [0, 0.1) is 5.92 Å². The molecule has 2 atom stereocenters. The summed E-state index contributed by atoms with van der Waals surface area (Å²) in [6.07, 6.45) is 7.74. The number of methoxy groups -OCH3 is 1. The fraction of sp³-hybridized carbons (Fsp3) is 0.923. The Morgan fingerprint density at radius 3 is 2.56 bits per heavy atom. The van der Waals surface area contributed by atoms with Crippen molar-refractivity contribution in [2.24, 2.45) is 5.92 Å². The van der Waals surface area contributed by atoms with Crippen LogP contribution in [0.3, 0.4) is 0 Å². The van der Waals surface area contributed by atoms with Gasteiger partial charge in [-0.25, -0.2) is 0 Å². The zero-order valence-electron chi connectivity index (χ0n) is 10.1. The highest BCUT2D eigenvalue weighted by atomic mass is 16.5. The van der Waals surface area contributed by atoms with E-state index >= 15 is 0 Å². The Bertz CT molecular complexity index is 227. The van der Waals surface area contributed by atoms with Gasteiger partial charge in [0.2, 0.25) is 0 Å². The van der Waals surface area contributed by atoms with E-state index in [2.05, 4.69) is 0 Å². The fourth-order valence-corrected chi connectivity index (χ4v) is 2.87. The molecule has 0 aliphatic carbocycles. The van der Waals surface area contributed by atoms with Crippen molar-refractivity contribution in [1.29, 1.82) is 0 Å². The van der Waals surface area contributed by atoms with Crippen LogP contribution in [0.5, 0.6) is 0 Å². The van der Waals surface area contributed by atoms with Crippen LogP contribution >= 0.6 is 0 Å². The predicted octanol–water partition coefficient (Wildman–Crippen LogP) is 2.33. The van der Waals surface area contributed by atoms with E-state index in [-0.39, 0.29) is 5.92 Å². The summed E-state index contributed by atoms with van der Waals surface area (Å²) in [6, 6.07) is 0. The van der Waals surface area contributed by atoms with E-state index in [9.17, 15) is 4.79 Å². The molecule has 3 nitrogen and oxygen atoms in total. The van der Waals surface area contributed by atoms with E-state index in [0.717, 1.165) is 51.6 Å². The van der Waals surface area contributed by atoms with Gasteiger partial charge in [-0.05, 0) is 38.5 Å². The van der Waals surface area contributed by atoms with Gasteiger partial charge in [0.1, 0.15) is 5.78 Å². The van der Waals surface area contributed by atoms with Crippen LogP contribution in [-0.4, -0.2) is 31.7 Å². The second-order valence-electron chi connectivity index (χ2n) is 5.04. The molecule has 16 heavy (non-hydrogen) atoms. The summed E-state index contributed by atoms with van der Waals surface area (Å²) in [4.78, 5) is 12.0. The van der Waals surface area contributed by atoms with Crippen molar-refractivity contribution in [3.8, 4) is 0 Å². The molecule has 2 rings (SSSR count). The molecule has 2 unspecified atom stereocenters. The number of fused-ring (bicyclic) bond motifs is 2. The number of carbonyl (C=O) groups excluding carboxylic acids is 1. The molecule has 2 aliphatic heterocycles. The highest BCUT2D eigenvalue weighted by Crippen LogP contribution is 2.36. The predicted molar refractivity (Wildman–Crippen MR) is 61.4 cm³/mol.